The zero-order chi connectivity index (χ0) is 27.9. The first-order valence-corrected chi connectivity index (χ1v) is 14.9. The van der Waals surface area contributed by atoms with Crippen molar-refractivity contribution in [1.29, 1.82) is 0 Å². The Kier molecular flexibility index (Phi) is 28.8. The molecule has 0 spiro atoms. The first-order chi connectivity index (χ1) is 18.6. The first-order valence-electron chi connectivity index (χ1n) is 14.9. The minimum Gasteiger partial charge on any atom is -0.377 e. The molecule has 0 rings (SSSR count). The Labute approximate surface area is 231 Å². The molecule has 0 aromatic rings. The molecule has 2 N–H and O–H groups in total. The summed E-state index contributed by atoms with van der Waals surface area (Å²) in [6.07, 6.45) is 17.5. The Morgan fingerprint density at radius 3 is 1.42 bits per heavy atom. The molecule has 0 bridgehead atoms. The molecule has 0 atom stereocenters. The van der Waals surface area contributed by atoms with Crippen molar-refractivity contribution in [2.75, 3.05) is 65.9 Å². The van der Waals surface area contributed by atoms with Crippen molar-refractivity contribution >= 4 is 17.6 Å². The standard InChI is InChI=1S/C29H56N2O7/c1-3-4-5-6-7-8-9-10-11-12-13-14-15-16-28(33)30-17-19-35-22-24-38-26-29(34)31-18-20-36-21-23-37-25-27(2)32/h3-26H2,1-2H3,(H,30,33)(H,31,34). The van der Waals surface area contributed by atoms with Crippen molar-refractivity contribution in [2.45, 2.75) is 104 Å². The van der Waals surface area contributed by atoms with Gasteiger partial charge in [0.15, 0.2) is 5.78 Å². The van der Waals surface area contributed by atoms with Crippen LogP contribution >= 0.6 is 0 Å². The van der Waals surface area contributed by atoms with Gasteiger partial charge in [-0.2, -0.15) is 0 Å². The summed E-state index contributed by atoms with van der Waals surface area (Å²) in [5.74, 6) is -0.163. The van der Waals surface area contributed by atoms with E-state index in [4.69, 9.17) is 18.9 Å². The topological polar surface area (TPSA) is 112 Å². The van der Waals surface area contributed by atoms with Crippen LogP contribution in [0.1, 0.15) is 104 Å². The van der Waals surface area contributed by atoms with Gasteiger partial charge in [-0.05, 0) is 13.3 Å². The summed E-state index contributed by atoms with van der Waals surface area (Å²) in [5, 5.41) is 5.57. The van der Waals surface area contributed by atoms with Gasteiger partial charge in [-0.3, -0.25) is 14.4 Å². The molecule has 0 fully saturated rings. The molecule has 224 valence electrons. The van der Waals surface area contributed by atoms with Crippen LogP contribution < -0.4 is 10.6 Å². The van der Waals surface area contributed by atoms with E-state index in [1.165, 1.54) is 77.6 Å². The molecule has 0 unspecified atom stereocenters. The highest BCUT2D eigenvalue weighted by Gasteiger charge is 2.03. The predicted octanol–water partition coefficient (Wildman–Crippen LogP) is 4.36. The summed E-state index contributed by atoms with van der Waals surface area (Å²) < 4.78 is 21.0. The van der Waals surface area contributed by atoms with Gasteiger partial charge in [0.1, 0.15) is 13.2 Å². The molecule has 9 nitrogen and oxygen atoms in total. The van der Waals surface area contributed by atoms with Gasteiger partial charge in [0.25, 0.3) is 0 Å². The summed E-state index contributed by atoms with van der Waals surface area (Å²) >= 11 is 0. The molecule has 2 amide bonds. The molecule has 9 heteroatoms. The van der Waals surface area contributed by atoms with Gasteiger partial charge in [-0.25, -0.2) is 0 Å². The minimum atomic E-state index is -0.221. The molecule has 0 aliphatic carbocycles. The van der Waals surface area contributed by atoms with Crippen molar-refractivity contribution in [3.8, 4) is 0 Å². The van der Waals surface area contributed by atoms with Gasteiger partial charge < -0.3 is 29.6 Å². The fourth-order valence-electron chi connectivity index (χ4n) is 3.79. The number of hydrogen-bond acceptors (Lipinski definition) is 7. The van der Waals surface area contributed by atoms with E-state index in [0.29, 0.717) is 59.2 Å². The van der Waals surface area contributed by atoms with Crippen molar-refractivity contribution in [3.63, 3.8) is 0 Å². The summed E-state index contributed by atoms with van der Waals surface area (Å²) in [5.41, 5.74) is 0. The van der Waals surface area contributed by atoms with Crippen LogP contribution in [-0.2, 0) is 33.3 Å². The van der Waals surface area contributed by atoms with E-state index >= 15 is 0 Å². The maximum absolute atomic E-state index is 11.9. The van der Waals surface area contributed by atoms with Crippen LogP contribution in [0.5, 0.6) is 0 Å². The van der Waals surface area contributed by atoms with Crippen molar-refractivity contribution in [2.24, 2.45) is 0 Å². The third-order valence-corrected chi connectivity index (χ3v) is 5.93. The van der Waals surface area contributed by atoms with Crippen LogP contribution in [0, 0.1) is 0 Å². The molecular formula is C29H56N2O7. The van der Waals surface area contributed by atoms with Gasteiger partial charge in [0.2, 0.25) is 11.8 Å². The third-order valence-electron chi connectivity index (χ3n) is 5.93. The van der Waals surface area contributed by atoms with Gasteiger partial charge in [0, 0.05) is 19.5 Å². The van der Waals surface area contributed by atoms with E-state index < -0.39 is 0 Å². The van der Waals surface area contributed by atoms with Crippen LogP contribution in [0.3, 0.4) is 0 Å². The number of carbonyl (C=O) groups excluding carboxylic acids is 3. The number of ether oxygens (including phenoxy) is 4. The average Bonchev–Trinajstić information content (AvgIpc) is 2.89. The SMILES string of the molecule is CCCCCCCCCCCCCCCC(=O)NCCOCCOCC(=O)NCCOCCOCC(C)=O. The summed E-state index contributed by atoms with van der Waals surface area (Å²) in [6, 6.07) is 0. The van der Waals surface area contributed by atoms with E-state index in [1.807, 2.05) is 0 Å². The first kappa shape index (κ1) is 36.5. The zero-order valence-electron chi connectivity index (χ0n) is 24.3. The van der Waals surface area contributed by atoms with Crippen molar-refractivity contribution in [1.82, 2.24) is 10.6 Å². The molecule has 0 saturated heterocycles. The van der Waals surface area contributed by atoms with Crippen LogP contribution in [0.25, 0.3) is 0 Å². The van der Waals surface area contributed by atoms with Crippen LogP contribution in [0.4, 0.5) is 0 Å². The fraction of sp³-hybridized carbons (Fsp3) is 0.897. The molecule has 0 aromatic heterocycles. The molecule has 0 aromatic carbocycles. The number of ketones is 1. The number of hydrogen-bond donors (Lipinski definition) is 2. The van der Waals surface area contributed by atoms with Crippen molar-refractivity contribution < 1.29 is 33.3 Å². The van der Waals surface area contributed by atoms with Crippen LogP contribution in [0.2, 0.25) is 0 Å². The maximum atomic E-state index is 11.9. The van der Waals surface area contributed by atoms with E-state index in [1.54, 1.807) is 0 Å². The maximum Gasteiger partial charge on any atom is 0.246 e. The molecule has 0 saturated carbocycles. The smallest absolute Gasteiger partial charge is 0.246 e. The highest BCUT2D eigenvalue weighted by atomic mass is 16.5. The summed E-state index contributed by atoms with van der Waals surface area (Å²) in [6.45, 7) is 6.82. The lowest BCUT2D eigenvalue weighted by molar-refractivity contribution is -0.127. The number of amides is 2. The quantitative estimate of drug-likeness (QED) is 0.129. The summed E-state index contributed by atoms with van der Waals surface area (Å²) in [7, 11) is 0. The molecule has 0 radical (unpaired) electrons. The highest BCUT2D eigenvalue weighted by Crippen LogP contribution is 2.12. The number of unbranched alkanes of at least 4 members (excludes halogenated alkanes) is 12. The number of carbonyl (C=O) groups is 3. The Bertz CT molecular complexity index is 561. The van der Waals surface area contributed by atoms with Gasteiger partial charge >= 0.3 is 0 Å². The predicted molar refractivity (Wildman–Crippen MR) is 150 cm³/mol. The second-order valence-electron chi connectivity index (χ2n) is 9.72. The average molecular weight is 545 g/mol. The highest BCUT2D eigenvalue weighted by molar-refractivity contribution is 5.77. The second-order valence-corrected chi connectivity index (χ2v) is 9.72. The van der Waals surface area contributed by atoms with E-state index in [2.05, 4.69) is 17.6 Å². The number of Topliss-reactive ketones (excluding diaryl/α,β-unsaturated/α-hetero) is 1. The Morgan fingerprint density at radius 2 is 0.921 bits per heavy atom. The van der Waals surface area contributed by atoms with Gasteiger partial charge in [-0.1, -0.05) is 84.0 Å². The molecular weight excluding hydrogens is 488 g/mol. The summed E-state index contributed by atoms with van der Waals surface area (Å²) in [4.78, 5) is 34.3. The fourth-order valence-corrected chi connectivity index (χ4v) is 3.79. The third kappa shape index (κ3) is 30.7. The lowest BCUT2D eigenvalue weighted by Crippen LogP contribution is -2.31. The second kappa shape index (κ2) is 30.0. The minimum absolute atomic E-state index is 0.0233. The molecule has 0 aliphatic rings. The van der Waals surface area contributed by atoms with Crippen LogP contribution in [-0.4, -0.2) is 83.5 Å². The van der Waals surface area contributed by atoms with E-state index in [0.717, 1.165) is 12.8 Å². The van der Waals surface area contributed by atoms with Gasteiger partial charge in [-0.15, -0.1) is 0 Å². The monoisotopic (exact) mass is 544 g/mol. The van der Waals surface area contributed by atoms with Crippen molar-refractivity contribution in [3.05, 3.63) is 0 Å². The zero-order valence-corrected chi connectivity index (χ0v) is 24.3. The van der Waals surface area contributed by atoms with Crippen LogP contribution in [0.15, 0.2) is 0 Å². The Morgan fingerprint density at radius 1 is 0.500 bits per heavy atom. The Hall–Kier alpha value is -1.55. The molecule has 0 heterocycles. The number of nitrogens with one attached hydrogen (secondary N) is 2. The molecule has 0 aliphatic heterocycles. The van der Waals surface area contributed by atoms with E-state index in [-0.39, 0.29) is 30.8 Å². The Balaban J connectivity index is 3.26. The van der Waals surface area contributed by atoms with Gasteiger partial charge in [0.05, 0.1) is 39.6 Å². The van der Waals surface area contributed by atoms with E-state index in [9.17, 15) is 14.4 Å². The lowest BCUT2D eigenvalue weighted by Gasteiger charge is -2.08. The number of rotatable bonds is 30. The molecule has 38 heavy (non-hydrogen) atoms. The largest absolute Gasteiger partial charge is 0.377 e. The lowest BCUT2D eigenvalue weighted by atomic mass is 10.0. The normalized spacial score (nSPS) is 11.0.